The number of rotatable bonds is 5. The lowest BCUT2D eigenvalue weighted by atomic mass is 10.3. The first-order valence-corrected chi connectivity index (χ1v) is 5.79. The van der Waals surface area contributed by atoms with E-state index in [4.69, 9.17) is 10.6 Å². The summed E-state index contributed by atoms with van der Waals surface area (Å²) in [7, 11) is 0. The third kappa shape index (κ3) is 2.79. The fourth-order valence-corrected chi connectivity index (χ4v) is 1.98. The Morgan fingerprint density at radius 1 is 1.31 bits per heavy atom. The minimum atomic E-state index is 0.505. The molecule has 0 unspecified atom stereocenters. The van der Waals surface area contributed by atoms with Crippen molar-refractivity contribution in [3.05, 3.63) is 46.3 Å². The highest BCUT2D eigenvalue weighted by Crippen LogP contribution is 2.14. The van der Waals surface area contributed by atoms with Crippen LogP contribution in [0.5, 0.6) is 0 Å². The topological polar surface area (TPSA) is 60.2 Å². The summed E-state index contributed by atoms with van der Waals surface area (Å²) in [6, 6.07) is 7.87. The van der Waals surface area contributed by atoms with Crippen LogP contribution in [-0.4, -0.2) is 4.98 Å². The van der Waals surface area contributed by atoms with Crippen LogP contribution in [-0.2, 0) is 18.0 Å². The highest BCUT2D eigenvalue weighted by Gasteiger charge is 2.01. The van der Waals surface area contributed by atoms with Crippen molar-refractivity contribution in [2.24, 2.45) is 5.84 Å². The molecule has 5 heteroatoms. The van der Waals surface area contributed by atoms with Crippen LogP contribution in [0.1, 0.15) is 10.4 Å². The molecule has 2 aromatic heterocycles. The normalized spacial score (nSPS) is 10.3. The summed E-state index contributed by atoms with van der Waals surface area (Å²) in [5, 5.41) is 2.04. The molecule has 0 aliphatic rings. The molecule has 16 heavy (non-hydrogen) atoms. The highest BCUT2D eigenvalue weighted by molar-refractivity contribution is 7.09. The Labute approximate surface area is 98.1 Å². The fourth-order valence-electron chi connectivity index (χ4n) is 1.34. The predicted octanol–water partition coefficient (Wildman–Crippen LogP) is 2.15. The second-order valence-electron chi connectivity index (χ2n) is 3.23. The SMILES string of the molecule is NNc1ncccc1COCc1cccs1. The summed E-state index contributed by atoms with van der Waals surface area (Å²) < 4.78 is 5.58. The first-order chi connectivity index (χ1) is 7.90. The number of aromatic nitrogens is 1. The molecule has 2 rings (SSSR count). The quantitative estimate of drug-likeness (QED) is 0.616. The first kappa shape index (κ1) is 11.1. The number of ether oxygens (including phenoxy) is 1. The van der Waals surface area contributed by atoms with Crippen molar-refractivity contribution in [3.8, 4) is 0 Å². The average Bonchev–Trinajstić information content (AvgIpc) is 2.83. The van der Waals surface area contributed by atoms with E-state index in [1.165, 1.54) is 4.88 Å². The van der Waals surface area contributed by atoms with E-state index in [2.05, 4.69) is 16.5 Å². The van der Waals surface area contributed by atoms with Gasteiger partial charge in [0.05, 0.1) is 13.2 Å². The van der Waals surface area contributed by atoms with E-state index in [9.17, 15) is 0 Å². The Balaban J connectivity index is 1.89. The van der Waals surface area contributed by atoms with Gasteiger partial charge in [-0.15, -0.1) is 11.3 Å². The van der Waals surface area contributed by atoms with Crippen LogP contribution in [0.4, 0.5) is 5.82 Å². The second kappa shape index (κ2) is 5.60. The summed E-state index contributed by atoms with van der Waals surface area (Å²) in [4.78, 5) is 5.31. The zero-order valence-corrected chi connectivity index (χ0v) is 9.54. The van der Waals surface area contributed by atoms with Gasteiger partial charge < -0.3 is 10.2 Å². The van der Waals surface area contributed by atoms with Crippen molar-refractivity contribution in [1.29, 1.82) is 0 Å². The lowest BCUT2D eigenvalue weighted by Gasteiger charge is -2.07. The molecule has 0 radical (unpaired) electrons. The fraction of sp³-hybridized carbons (Fsp3) is 0.182. The standard InChI is InChI=1S/C11H13N3OS/c12-14-11-9(3-1-5-13-11)7-15-8-10-4-2-6-16-10/h1-6H,7-8,12H2,(H,13,14). The molecule has 0 fully saturated rings. The third-order valence-electron chi connectivity index (χ3n) is 2.11. The number of pyridine rings is 1. The van der Waals surface area contributed by atoms with Gasteiger partial charge in [0.15, 0.2) is 0 Å². The van der Waals surface area contributed by atoms with E-state index in [1.54, 1.807) is 17.5 Å². The van der Waals surface area contributed by atoms with E-state index in [0.29, 0.717) is 19.0 Å². The number of nitrogens with one attached hydrogen (secondary N) is 1. The van der Waals surface area contributed by atoms with Gasteiger partial charge in [-0.3, -0.25) is 0 Å². The van der Waals surface area contributed by atoms with Crippen LogP contribution in [0.2, 0.25) is 0 Å². The van der Waals surface area contributed by atoms with E-state index in [1.807, 2.05) is 23.6 Å². The Bertz CT molecular complexity index is 431. The van der Waals surface area contributed by atoms with Gasteiger partial charge in [0, 0.05) is 16.6 Å². The molecule has 0 saturated heterocycles. The summed E-state index contributed by atoms with van der Waals surface area (Å²) in [6.45, 7) is 1.13. The monoisotopic (exact) mass is 235 g/mol. The molecule has 0 aliphatic carbocycles. The third-order valence-corrected chi connectivity index (χ3v) is 2.96. The molecule has 0 aliphatic heterocycles. The van der Waals surface area contributed by atoms with Crippen molar-refractivity contribution < 1.29 is 4.74 Å². The molecule has 0 atom stereocenters. The lowest BCUT2D eigenvalue weighted by Crippen LogP contribution is -2.11. The average molecular weight is 235 g/mol. The molecule has 0 bridgehead atoms. The molecule has 84 valence electrons. The van der Waals surface area contributed by atoms with E-state index in [0.717, 1.165) is 5.56 Å². The lowest BCUT2D eigenvalue weighted by molar-refractivity contribution is 0.109. The van der Waals surface area contributed by atoms with E-state index in [-0.39, 0.29) is 0 Å². The Kier molecular flexibility index (Phi) is 3.87. The van der Waals surface area contributed by atoms with Gasteiger partial charge in [-0.2, -0.15) is 0 Å². The summed E-state index contributed by atoms with van der Waals surface area (Å²) in [5.41, 5.74) is 3.51. The molecule has 2 heterocycles. The smallest absolute Gasteiger partial charge is 0.145 e. The van der Waals surface area contributed by atoms with Gasteiger partial charge in [0.25, 0.3) is 0 Å². The number of nitrogens with zero attached hydrogens (tertiary/aromatic N) is 1. The number of anilines is 1. The van der Waals surface area contributed by atoms with Crippen molar-refractivity contribution in [2.45, 2.75) is 13.2 Å². The van der Waals surface area contributed by atoms with Gasteiger partial charge in [-0.1, -0.05) is 12.1 Å². The minimum Gasteiger partial charge on any atom is -0.371 e. The van der Waals surface area contributed by atoms with Crippen molar-refractivity contribution in [2.75, 3.05) is 5.43 Å². The molecular formula is C11H13N3OS. The minimum absolute atomic E-state index is 0.505. The Hall–Kier alpha value is -1.43. The molecule has 0 aromatic carbocycles. The zero-order valence-electron chi connectivity index (χ0n) is 8.72. The summed E-state index contributed by atoms with van der Waals surface area (Å²) in [6.07, 6.45) is 1.69. The van der Waals surface area contributed by atoms with Crippen molar-refractivity contribution >= 4 is 17.2 Å². The number of nitrogens with two attached hydrogens (primary N) is 1. The molecule has 3 N–H and O–H groups in total. The van der Waals surface area contributed by atoms with Crippen LogP contribution >= 0.6 is 11.3 Å². The molecule has 0 spiro atoms. The van der Waals surface area contributed by atoms with Gasteiger partial charge in [0.2, 0.25) is 0 Å². The van der Waals surface area contributed by atoms with Gasteiger partial charge >= 0.3 is 0 Å². The predicted molar refractivity (Wildman–Crippen MR) is 64.9 cm³/mol. The number of nitrogen functional groups attached to an aromatic ring is 1. The molecule has 0 saturated carbocycles. The first-order valence-electron chi connectivity index (χ1n) is 4.91. The Morgan fingerprint density at radius 3 is 3.00 bits per heavy atom. The highest BCUT2D eigenvalue weighted by atomic mass is 32.1. The van der Waals surface area contributed by atoms with Crippen molar-refractivity contribution in [1.82, 2.24) is 4.98 Å². The zero-order chi connectivity index (χ0) is 11.2. The van der Waals surface area contributed by atoms with E-state index < -0.39 is 0 Å². The van der Waals surface area contributed by atoms with Crippen LogP contribution in [0.15, 0.2) is 35.8 Å². The van der Waals surface area contributed by atoms with Crippen LogP contribution in [0.25, 0.3) is 0 Å². The molecular weight excluding hydrogens is 222 g/mol. The van der Waals surface area contributed by atoms with Gasteiger partial charge in [0.1, 0.15) is 5.82 Å². The number of hydrogen-bond donors (Lipinski definition) is 2. The van der Waals surface area contributed by atoms with Gasteiger partial charge in [-0.25, -0.2) is 10.8 Å². The molecule has 2 aromatic rings. The summed E-state index contributed by atoms with van der Waals surface area (Å²) >= 11 is 1.69. The van der Waals surface area contributed by atoms with E-state index >= 15 is 0 Å². The number of hydrazine groups is 1. The maximum absolute atomic E-state index is 5.58. The maximum Gasteiger partial charge on any atom is 0.145 e. The van der Waals surface area contributed by atoms with Crippen LogP contribution < -0.4 is 11.3 Å². The maximum atomic E-state index is 5.58. The molecule has 4 nitrogen and oxygen atoms in total. The number of thiophene rings is 1. The number of hydrogen-bond acceptors (Lipinski definition) is 5. The molecule has 0 amide bonds. The largest absolute Gasteiger partial charge is 0.371 e. The van der Waals surface area contributed by atoms with Crippen LogP contribution in [0.3, 0.4) is 0 Å². The van der Waals surface area contributed by atoms with Crippen molar-refractivity contribution in [3.63, 3.8) is 0 Å². The second-order valence-corrected chi connectivity index (χ2v) is 4.26. The van der Waals surface area contributed by atoms with Gasteiger partial charge in [-0.05, 0) is 17.5 Å². The van der Waals surface area contributed by atoms with Crippen LogP contribution in [0, 0.1) is 0 Å². The Morgan fingerprint density at radius 2 is 2.25 bits per heavy atom. The summed E-state index contributed by atoms with van der Waals surface area (Å²) in [5.74, 6) is 6.01.